The minimum atomic E-state index is -6.00. The quantitative estimate of drug-likeness (QED) is 0.539. The highest BCUT2D eigenvalue weighted by Gasteiger charge is 2.21. The zero-order valence-corrected chi connectivity index (χ0v) is 8.42. The third kappa shape index (κ3) is 14.6. The predicted molar refractivity (Wildman–Crippen MR) is 46.7 cm³/mol. The zero-order valence-electron chi connectivity index (χ0n) is 8.42. The number of rotatable bonds is 3. The van der Waals surface area contributed by atoms with Crippen LogP contribution in [0.15, 0.2) is 0 Å². The Morgan fingerprint density at radius 1 is 0.923 bits per heavy atom. The van der Waals surface area contributed by atoms with Crippen LogP contribution in [0.5, 0.6) is 0 Å². The fourth-order valence-corrected chi connectivity index (χ4v) is 0.750. The van der Waals surface area contributed by atoms with Gasteiger partial charge in [-0.3, -0.25) is 0 Å². The maximum atomic E-state index is 9.75. The van der Waals surface area contributed by atoms with E-state index in [2.05, 4.69) is 26.5 Å². The van der Waals surface area contributed by atoms with Gasteiger partial charge in [0.05, 0.1) is 5.54 Å². The van der Waals surface area contributed by atoms with Gasteiger partial charge in [0.25, 0.3) is 0 Å². The molecular weight excluding hydrogens is 185 g/mol. The smallest absolute Gasteiger partial charge is 0.418 e. The van der Waals surface area contributed by atoms with Crippen molar-refractivity contribution in [3.63, 3.8) is 0 Å². The molecule has 0 amide bonds. The summed E-state index contributed by atoms with van der Waals surface area (Å²) in [6.07, 6.45) is 3.63. The molecule has 6 heteroatoms. The highest BCUT2D eigenvalue weighted by molar-refractivity contribution is 6.50. The number of hydrogen-bond donors (Lipinski definition) is 1. The van der Waals surface area contributed by atoms with E-state index in [1.54, 1.807) is 0 Å². The van der Waals surface area contributed by atoms with E-state index in [4.69, 9.17) is 0 Å². The van der Waals surface area contributed by atoms with E-state index >= 15 is 0 Å². The molecular formula is C7H18BF4N. The maximum absolute atomic E-state index is 9.75. The topological polar surface area (TPSA) is 27.6 Å². The van der Waals surface area contributed by atoms with Gasteiger partial charge in [-0.2, -0.15) is 0 Å². The van der Waals surface area contributed by atoms with Crippen molar-refractivity contribution in [2.75, 3.05) is 0 Å². The monoisotopic (exact) mass is 203 g/mol. The lowest BCUT2D eigenvalue weighted by atomic mass is 9.92. The van der Waals surface area contributed by atoms with E-state index in [0.29, 0.717) is 5.54 Å². The first-order chi connectivity index (χ1) is 5.68. The summed E-state index contributed by atoms with van der Waals surface area (Å²) < 4.78 is 39.0. The second-order valence-electron chi connectivity index (χ2n) is 3.06. The average Bonchev–Trinajstić information content (AvgIpc) is 2.00. The lowest BCUT2D eigenvalue weighted by Crippen LogP contribution is -2.71. The van der Waals surface area contributed by atoms with Crippen molar-refractivity contribution in [3.05, 3.63) is 0 Å². The summed E-state index contributed by atoms with van der Waals surface area (Å²) in [4.78, 5) is 0. The van der Waals surface area contributed by atoms with Crippen molar-refractivity contribution in [3.8, 4) is 0 Å². The van der Waals surface area contributed by atoms with Crippen molar-refractivity contribution in [1.29, 1.82) is 0 Å². The summed E-state index contributed by atoms with van der Waals surface area (Å²) in [7, 11) is -6.00. The molecule has 0 aromatic heterocycles. The van der Waals surface area contributed by atoms with Crippen LogP contribution in [-0.4, -0.2) is 12.8 Å². The third-order valence-corrected chi connectivity index (χ3v) is 2.25. The van der Waals surface area contributed by atoms with E-state index < -0.39 is 7.25 Å². The fraction of sp³-hybridized carbons (Fsp3) is 1.00. The van der Waals surface area contributed by atoms with Crippen molar-refractivity contribution < 1.29 is 23.0 Å². The van der Waals surface area contributed by atoms with Crippen LogP contribution in [0.3, 0.4) is 0 Å². The van der Waals surface area contributed by atoms with Gasteiger partial charge in [0.15, 0.2) is 0 Å². The van der Waals surface area contributed by atoms with E-state index in [-0.39, 0.29) is 0 Å². The Morgan fingerprint density at radius 3 is 1.08 bits per heavy atom. The Balaban J connectivity index is 0. The molecule has 13 heavy (non-hydrogen) atoms. The van der Waals surface area contributed by atoms with Crippen LogP contribution in [0.25, 0.3) is 0 Å². The van der Waals surface area contributed by atoms with Gasteiger partial charge in [0, 0.05) is 0 Å². The van der Waals surface area contributed by atoms with E-state index in [0.717, 1.165) is 0 Å². The molecule has 0 saturated carbocycles. The summed E-state index contributed by atoms with van der Waals surface area (Å²) in [6.45, 7) is 6.62. The van der Waals surface area contributed by atoms with Crippen molar-refractivity contribution in [2.24, 2.45) is 0 Å². The van der Waals surface area contributed by atoms with Crippen LogP contribution < -0.4 is 5.73 Å². The number of quaternary nitrogens is 1. The Labute approximate surface area is 76.8 Å². The third-order valence-electron chi connectivity index (χ3n) is 2.25. The standard InChI is InChI=1S/C7H17N.BF4/c1-4-7(8,5-2)6-3;2-1(3,4)5/h4-6,8H2,1-3H3;/q;-1/p+1. The fourth-order valence-electron chi connectivity index (χ4n) is 0.750. The van der Waals surface area contributed by atoms with Crippen LogP contribution in [0.2, 0.25) is 0 Å². The number of halogens is 4. The first kappa shape index (κ1) is 15.2. The Kier molecular flexibility index (Phi) is 7.31. The van der Waals surface area contributed by atoms with E-state index in [9.17, 15) is 17.3 Å². The second kappa shape index (κ2) is 6.24. The summed E-state index contributed by atoms with van der Waals surface area (Å²) in [5.74, 6) is 0. The van der Waals surface area contributed by atoms with Crippen molar-refractivity contribution in [2.45, 2.75) is 45.6 Å². The molecule has 82 valence electrons. The summed E-state index contributed by atoms with van der Waals surface area (Å²) >= 11 is 0. The molecule has 0 radical (unpaired) electrons. The first-order valence-corrected chi connectivity index (χ1v) is 4.41. The van der Waals surface area contributed by atoms with Gasteiger partial charge in [-0.1, -0.05) is 20.8 Å². The second-order valence-corrected chi connectivity index (χ2v) is 3.06. The largest absolute Gasteiger partial charge is 0.673 e. The lowest BCUT2D eigenvalue weighted by molar-refractivity contribution is -0.480. The molecule has 0 aliphatic rings. The molecule has 1 nitrogen and oxygen atoms in total. The predicted octanol–water partition coefficient (Wildman–Crippen LogP) is 2.50. The first-order valence-electron chi connectivity index (χ1n) is 4.41. The van der Waals surface area contributed by atoms with Crippen LogP contribution in [0.4, 0.5) is 17.3 Å². The molecule has 0 bridgehead atoms. The molecule has 0 heterocycles. The molecule has 0 aliphatic carbocycles. The van der Waals surface area contributed by atoms with Gasteiger partial charge in [0.2, 0.25) is 0 Å². The average molecular weight is 203 g/mol. The SMILES string of the molecule is CCC([NH3+])(CC)CC.F[B-](F)(F)F. The molecule has 0 aromatic rings. The van der Waals surface area contributed by atoms with E-state index in [1.807, 2.05) is 0 Å². The lowest BCUT2D eigenvalue weighted by Gasteiger charge is -2.19. The molecule has 0 aromatic carbocycles. The van der Waals surface area contributed by atoms with Gasteiger partial charge in [-0.05, 0) is 19.3 Å². The van der Waals surface area contributed by atoms with Gasteiger partial charge in [0.1, 0.15) is 0 Å². The Hall–Kier alpha value is -0.255. The molecule has 0 aliphatic heterocycles. The molecule has 0 fully saturated rings. The van der Waals surface area contributed by atoms with Gasteiger partial charge < -0.3 is 23.0 Å². The van der Waals surface area contributed by atoms with Crippen LogP contribution in [0, 0.1) is 0 Å². The highest BCUT2D eigenvalue weighted by atomic mass is 19.5. The van der Waals surface area contributed by atoms with Crippen LogP contribution in [0.1, 0.15) is 40.0 Å². The highest BCUT2D eigenvalue weighted by Crippen LogP contribution is 2.11. The Morgan fingerprint density at radius 2 is 1.08 bits per heavy atom. The van der Waals surface area contributed by atoms with Crippen LogP contribution >= 0.6 is 0 Å². The van der Waals surface area contributed by atoms with Crippen LogP contribution in [-0.2, 0) is 0 Å². The zero-order chi connectivity index (χ0) is 11.1. The van der Waals surface area contributed by atoms with Crippen molar-refractivity contribution >= 4 is 7.25 Å². The molecule has 3 N–H and O–H groups in total. The Bertz CT molecular complexity index is 108. The minimum Gasteiger partial charge on any atom is -0.418 e. The minimum absolute atomic E-state index is 0.375. The normalized spacial score (nSPS) is 12.0. The molecule has 0 spiro atoms. The van der Waals surface area contributed by atoms with E-state index in [1.165, 1.54) is 19.3 Å². The molecule has 0 saturated heterocycles. The molecule has 0 unspecified atom stereocenters. The summed E-state index contributed by atoms with van der Waals surface area (Å²) in [5.41, 5.74) is 4.50. The number of hydrogen-bond acceptors (Lipinski definition) is 0. The molecule has 0 rings (SSSR count). The summed E-state index contributed by atoms with van der Waals surface area (Å²) in [6, 6.07) is 0. The van der Waals surface area contributed by atoms with Gasteiger partial charge in [-0.15, -0.1) is 0 Å². The molecule has 0 atom stereocenters. The van der Waals surface area contributed by atoms with Gasteiger partial charge in [-0.25, -0.2) is 0 Å². The summed E-state index contributed by atoms with van der Waals surface area (Å²) in [5, 5.41) is 0. The van der Waals surface area contributed by atoms with Crippen molar-refractivity contribution in [1.82, 2.24) is 0 Å². The maximum Gasteiger partial charge on any atom is 0.673 e. The van der Waals surface area contributed by atoms with Gasteiger partial charge >= 0.3 is 7.25 Å².